The molecular formula is C28H33ClFN3O4S. The summed E-state index contributed by atoms with van der Waals surface area (Å²) in [6.07, 6.45) is 8.76. The van der Waals surface area contributed by atoms with Crippen molar-refractivity contribution in [3.05, 3.63) is 88.7 Å². The molecule has 2 aromatic carbocycles. The Morgan fingerprint density at radius 3 is 2.61 bits per heavy atom. The van der Waals surface area contributed by atoms with Crippen molar-refractivity contribution in [3.63, 3.8) is 0 Å². The number of nitrogens with zero attached hydrogens (tertiary/aromatic N) is 3. The number of carbonyl (C=O) groups excluding carboxylic acids is 1. The molecule has 1 amide bonds. The first-order valence-electron chi connectivity index (χ1n) is 12.4. The molecule has 0 N–H and O–H groups in total. The van der Waals surface area contributed by atoms with E-state index in [0.29, 0.717) is 36.6 Å². The van der Waals surface area contributed by atoms with Crippen LogP contribution in [0.4, 0.5) is 9.18 Å². The Morgan fingerprint density at radius 2 is 1.95 bits per heavy atom. The molecule has 1 fully saturated rings. The number of benzene rings is 2. The van der Waals surface area contributed by atoms with Gasteiger partial charge in [0, 0.05) is 30.4 Å². The fourth-order valence-electron chi connectivity index (χ4n) is 4.41. The average molecular weight is 562 g/mol. The number of sulfonamides is 1. The Hall–Kier alpha value is -3.01. The molecule has 2 aliphatic heterocycles. The van der Waals surface area contributed by atoms with E-state index >= 15 is 0 Å². The number of ether oxygens (including phenoxy) is 1. The minimum Gasteiger partial charge on any atom is -0.453 e. The van der Waals surface area contributed by atoms with E-state index in [1.165, 1.54) is 35.7 Å². The van der Waals surface area contributed by atoms with E-state index in [-0.39, 0.29) is 28.9 Å². The average Bonchev–Trinajstić information content (AvgIpc) is 3.12. The fraction of sp³-hybridized carbons (Fsp3) is 0.357. The third-order valence-electron chi connectivity index (χ3n) is 6.35. The molecule has 0 aliphatic carbocycles. The predicted octanol–water partition coefficient (Wildman–Crippen LogP) is 6.04. The summed E-state index contributed by atoms with van der Waals surface area (Å²) in [5.41, 5.74) is 1.75. The molecule has 0 spiro atoms. The number of amides is 1. The van der Waals surface area contributed by atoms with Crippen LogP contribution >= 0.6 is 11.6 Å². The minimum absolute atomic E-state index is 0.135. The summed E-state index contributed by atoms with van der Waals surface area (Å²) in [5.74, 6) is -0.356. The Morgan fingerprint density at radius 1 is 1.21 bits per heavy atom. The van der Waals surface area contributed by atoms with Crippen molar-refractivity contribution in [1.29, 1.82) is 0 Å². The number of methoxy groups -OCH3 is 1. The smallest absolute Gasteiger partial charge is 0.409 e. The van der Waals surface area contributed by atoms with Gasteiger partial charge in [-0.1, -0.05) is 35.9 Å². The van der Waals surface area contributed by atoms with E-state index in [1.807, 2.05) is 32.1 Å². The van der Waals surface area contributed by atoms with Gasteiger partial charge in [0.2, 0.25) is 10.0 Å². The first kappa shape index (κ1) is 29.5. The Labute approximate surface area is 229 Å². The molecule has 0 bridgehead atoms. The highest BCUT2D eigenvalue weighted by atomic mass is 35.5. The van der Waals surface area contributed by atoms with Crippen molar-refractivity contribution in [1.82, 2.24) is 9.21 Å². The van der Waals surface area contributed by atoms with Crippen molar-refractivity contribution in [2.24, 2.45) is 4.99 Å². The van der Waals surface area contributed by atoms with Crippen molar-refractivity contribution in [3.8, 4) is 0 Å². The van der Waals surface area contributed by atoms with Gasteiger partial charge in [-0.3, -0.25) is 4.99 Å². The van der Waals surface area contributed by atoms with Gasteiger partial charge in [0.1, 0.15) is 5.82 Å². The zero-order chi connectivity index (χ0) is 27.7. The number of carbonyl (C=O) groups is 1. The normalized spacial score (nSPS) is 19.2. The fourth-order valence-corrected chi connectivity index (χ4v) is 6.40. The van der Waals surface area contributed by atoms with E-state index in [2.05, 4.69) is 9.73 Å². The lowest BCUT2D eigenvalue weighted by Gasteiger charge is -2.28. The first-order chi connectivity index (χ1) is 18.2. The number of aliphatic imine (C=N–C) groups is 1. The second-order valence-electron chi connectivity index (χ2n) is 8.93. The summed E-state index contributed by atoms with van der Waals surface area (Å²) in [6.45, 7) is 5.70. The summed E-state index contributed by atoms with van der Waals surface area (Å²) in [7, 11) is -2.27. The third-order valence-corrected chi connectivity index (χ3v) is 8.64. The van der Waals surface area contributed by atoms with Crippen LogP contribution in [0.25, 0.3) is 0 Å². The van der Waals surface area contributed by atoms with Gasteiger partial charge in [0.15, 0.2) is 0 Å². The van der Waals surface area contributed by atoms with E-state index in [4.69, 9.17) is 11.6 Å². The van der Waals surface area contributed by atoms with Crippen molar-refractivity contribution in [2.75, 3.05) is 26.7 Å². The van der Waals surface area contributed by atoms with Crippen LogP contribution in [0.5, 0.6) is 0 Å². The lowest BCUT2D eigenvalue weighted by molar-refractivity contribution is 0.129. The number of rotatable bonds is 6. The molecule has 0 saturated carbocycles. The molecule has 2 aliphatic rings. The number of allylic oxidation sites excluding steroid dienone is 1. The second-order valence-corrected chi connectivity index (χ2v) is 11.2. The van der Waals surface area contributed by atoms with Crippen LogP contribution < -0.4 is 0 Å². The molecule has 38 heavy (non-hydrogen) atoms. The van der Waals surface area contributed by atoms with Gasteiger partial charge >= 0.3 is 6.09 Å². The van der Waals surface area contributed by atoms with Gasteiger partial charge in [0.25, 0.3) is 0 Å². The first-order valence-corrected chi connectivity index (χ1v) is 14.2. The quantitative estimate of drug-likeness (QED) is 0.431. The molecule has 10 heteroatoms. The molecule has 1 saturated heterocycles. The van der Waals surface area contributed by atoms with Crippen LogP contribution in [-0.4, -0.2) is 62.7 Å². The number of halogens is 2. The minimum atomic E-state index is -3.66. The Balaban J connectivity index is 0.000000232. The summed E-state index contributed by atoms with van der Waals surface area (Å²) >= 11 is 5.84. The zero-order valence-electron chi connectivity index (χ0n) is 21.8. The van der Waals surface area contributed by atoms with Gasteiger partial charge in [0.05, 0.1) is 24.6 Å². The SMILES string of the molecule is CC1CC[C@@H](c2cccc(F)c2)N1S(=O)(=O)c1ccc(Cl)cc1.CCN(CC1=CC=NCC=C1)C(=O)OC. The lowest BCUT2D eigenvalue weighted by Crippen LogP contribution is -2.35. The van der Waals surface area contributed by atoms with Crippen molar-refractivity contribution < 1.29 is 22.3 Å². The molecule has 4 rings (SSSR count). The summed E-state index contributed by atoms with van der Waals surface area (Å²) < 4.78 is 45.7. The maximum absolute atomic E-state index is 13.5. The summed E-state index contributed by atoms with van der Waals surface area (Å²) in [6, 6.07) is 11.8. The number of likely N-dealkylation sites (N-methyl/N-ethyl adjacent to an activating group) is 1. The van der Waals surface area contributed by atoms with Crippen LogP contribution in [0.1, 0.15) is 38.3 Å². The molecule has 1 unspecified atom stereocenters. The van der Waals surface area contributed by atoms with Gasteiger partial charge in [-0.2, -0.15) is 4.31 Å². The van der Waals surface area contributed by atoms with E-state index in [0.717, 1.165) is 12.0 Å². The standard InChI is InChI=1S/C17H17ClFNO2S.C11H16N2O2/c1-12-5-10-17(13-3-2-4-15(19)11-13)20(12)23(21,22)16-8-6-14(18)7-9-16;1-3-13(11(14)15-2)9-10-5-4-7-12-8-6-10/h2-4,6-9,11-12,17H,5,10H2,1H3;4-6,8H,3,7,9H2,1-2H3/t12?,17-;/m0./s1. The summed E-state index contributed by atoms with van der Waals surface area (Å²) in [4.78, 5) is 17.3. The monoisotopic (exact) mass is 561 g/mol. The number of hydrogen-bond donors (Lipinski definition) is 0. The van der Waals surface area contributed by atoms with E-state index in [1.54, 1.807) is 35.4 Å². The maximum atomic E-state index is 13.5. The molecular weight excluding hydrogens is 529 g/mol. The van der Waals surface area contributed by atoms with Gasteiger partial charge in [-0.05, 0) is 80.3 Å². The van der Waals surface area contributed by atoms with E-state index in [9.17, 15) is 17.6 Å². The van der Waals surface area contributed by atoms with Gasteiger partial charge in [-0.15, -0.1) is 0 Å². The van der Waals surface area contributed by atoms with Gasteiger partial charge in [-0.25, -0.2) is 17.6 Å². The second kappa shape index (κ2) is 13.7. The molecule has 0 radical (unpaired) electrons. The molecule has 204 valence electrons. The molecule has 7 nitrogen and oxygen atoms in total. The maximum Gasteiger partial charge on any atom is 0.409 e. The number of hydrogen-bond acceptors (Lipinski definition) is 5. The van der Waals surface area contributed by atoms with Crippen LogP contribution in [0.15, 0.2) is 82.2 Å². The van der Waals surface area contributed by atoms with Gasteiger partial charge < -0.3 is 9.64 Å². The van der Waals surface area contributed by atoms with E-state index < -0.39 is 10.0 Å². The van der Waals surface area contributed by atoms with Crippen LogP contribution in [-0.2, 0) is 14.8 Å². The largest absolute Gasteiger partial charge is 0.453 e. The van der Waals surface area contributed by atoms with Crippen molar-refractivity contribution >= 4 is 33.9 Å². The molecule has 2 atom stereocenters. The van der Waals surface area contributed by atoms with Crippen molar-refractivity contribution in [2.45, 2.75) is 43.7 Å². The zero-order valence-corrected chi connectivity index (χ0v) is 23.3. The lowest BCUT2D eigenvalue weighted by atomic mass is 10.1. The van der Waals surface area contributed by atoms with Crippen LogP contribution in [0.2, 0.25) is 5.02 Å². The summed E-state index contributed by atoms with van der Waals surface area (Å²) in [5, 5.41) is 0.486. The molecule has 2 aromatic rings. The highest BCUT2D eigenvalue weighted by Crippen LogP contribution is 2.40. The molecule has 2 heterocycles. The third kappa shape index (κ3) is 7.52. The van der Waals surface area contributed by atoms with Crippen LogP contribution in [0.3, 0.4) is 0 Å². The highest BCUT2D eigenvalue weighted by Gasteiger charge is 2.40. The Kier molecular flexibility index (Phi) is 10.6. The highest BCUT2D eigenvalue weighted by molar-refractivity contribution is 7.89. The molecule has 0 aromatic heterocycles. The topological polar surface area (TPSA) is 79.3 Å². The van der Waals surface area contributed by atoms with Crippen LogP contribution in [0, 0.1) is 5.82 Å². The Bertz CT molecular complexity index is 1300. The predicted molar refractivity (Wildman–Crippen MR) is 149 cm³/mol.